The molecule has 1 unspecified atom stereocenters. The van der Waals surface area contributed by atoms with Gasteiger partial charge in [0.15, 0.2) is 17.5 Å². The Labute approximate surface area is 234 Å². The fourth-order valence-electron chi connectivity index (χ4n) is 4.42. The van der Waals surface area contributed by atoms with Gasteiger partial charge in [-0.1, -0.05) is 44.9 Å². The second-order valence-electron chi connectivity index (χ2n) is 10.3. The summed E-state index contributed by atoms with van der Waals surface area (Å²) in [5.41, 5.74) is 1.09. The van der Waals surface area contributed by atoms with E-state index in [1.807, 2.05) is 0 Å². The summed E-state index contributed by atoms with van der Waals surface area (Å²) in [6, 6.07) is 6.61. The Morgan fingerprint density at radius 3 is 1.73 bits per heavy atom. The molecule has 0 aliphatic heterocycles. The zero-order chi connectivity index (χ0) is 30.0. The third kappa shape index (κ3) is 15.9. The summed E-state index contributed by atoms with van der Waals surface area (Å²) in [6.07, 6.45) is 1.66. The quantitative estimate of drug-likeness (QED) is 0.0491. The van der Waals surface area contributed by atoms with Crippen LogP contribution in [-0.2, 0) is 14.3 Å². The van der Waals surface area contributed by atoms with E-state index in [-0.39, 0.29) is 44.3 Å². The highest BCUT2D eigenvalue weighted by atomic mass is 19.4. The molecule has 0 bridgehead atoms. The van der Waals surface area contributed by atoms with Crippen LogP contribution < -0.4 is 5.32 Å². The Hall–Kier alpha value is -2.52. The van der Waals surface area contributed by atoms with Crippen molar-refractivity contribution in [3.63, 3.8) is 0 Å². The van der Waals surface area contributed by atoms with Gasteiger partial charge in [-0.25, -0.2) is 8.78 Å². The molecule has 1 aromatic rings. The van der Waals surface area contributed by atoms with Gasteiger partial charge >= 0.3 is 12.1 Å². The molecule has 0 spiro atoms. The van der Waals surface area contributed by atoms with Crippen LogP contribution >= 0.6 is 0 Å². The lowest BCUT2D eigenvalue weighted by Crippen LogP contribution is -2.32. The summed E-state index contributed by atoms with van der Waals surface area (Å²) in [4.78, 5) is 36.3. The minimum Gasteiger partial charge on any atom is -0.465 e. The number of alkyl halides is 5. The zero-order valence-corrected chi connectivity index (χ0v) is 23.7. The van der Waals surface area contributed by atoms with Gasteiger partial charge in [0.25, 0.3) is 0 Å². The van der Waals surface area contributed by atoms with Crippen LogP contribution in [0.25, 0.3) is 0 Å². The first-order valence-electron chi connectivity index (χ1n) is 14.4. The van der Waals surface area contributed by atoms with Crippen LogP contribution in [0.1, 0.15) is 114 Å². The minimum atomic E-state index is -4.21. The molecule has 0 amide bonds. The Morgan fingerprint density at radius 1 is 0.750 bits per heavy atom. The van der Waals surface area contributed by atoms with Crippen LogP contribution in [0.3, 0.4) is 0 Å². The summed E-state index contributed by atoms with van der Waals surface area (Å²) in [5, 5.41) is 3.28. The van der Waals surface area contributed by atoms with Gasteiger partial charge in [-0.05, 0) is 63.8 Å². The molecule has 0 fully saturated rings. The topological polar surface area (TPSA) is 72.5 Å². The largest absolute Gasteiger partial charge is 0.465 e. The lowest BCUT2D eigenvalue weighted by molar-refractivity contribution is -0.149. The number of ether oxygens (including phenoxy) is 1. The number of Topliss-reactive ketones (excluding diaryl/α,β-unsaturated/α-hetero) is 2. The second kappa shape index (κ2) is 18.8. The molecule has 1 atom stereocenters. The molecule has 0 heterocycles. The molecule has 0 saturated heterocycles. The van der Waals surface area contributed by atoms with Gasteiger partial charge in [0.2, 0.25) is 5.92 Å². The number of carbonyl (C=O) groups excluding carboxylic acids is 3. The average Bonchev–Trinajstić information content (AvgIpc) is 2.86. The molecule has 1 aromatic carbocycles. The van der Waals surface area contributed by atoms with Gasteiger partial charge in [0, 0.05) is 37.1 Å². The molecule has 228 valence electrons. The van der Waals surface area contributed by atoms with E-state index in [9.17, 15) is 36.3 Å². The number of unbranched alkanes of at least 4 members (excludes halogenated alkanes) is 9. The third-order valence-electron chi connectivity index (χ3n) is 6.66. The maximum Gasteiger partial charge on any atom is 0.389 e. The first-order chi connectivity index (χ1) is 18.9. The van der Waals surface area contributed by atoms with Gasteiger partial charge in [0.1, 0.15) is 0 Å². The van der Waals surface area contributed by atoms with Gasteiger partial charge in [0.05, 0.1) is 6.61 Å². The SMILES string of the molecule is CCOC(=O)C(C(C)=O)C(=O)c1ccc(NCCCCCCCCCCC(F)(F)CCCCCC(F)(F)F)cc1. The number of carbonyl (C=O) groups is 3. The highest BCUT2D eigenvalue weighted by molar-refractivity contribution is 6.22. The van der Waals surface area contributed by atoms with Crippen LogP contribution in [0, 0.1) is 5.92 Å². The summed E-state index contributed by atoms with van der Waals surface area (Å²) in [6.45, 7) is 3.64. The summed E-state index contributed by atoms with van der Waals surface area (Å²) in [5.74, 6) is -6.21. The van der Waals surface area contributed by atoms with E-state index in [0.717, 1.165) is 57.2 Å². The van der Waals surface area contributed by atoms with Gasteiger partial charge in [-0.3, -0.25) is 14.4 Å². The first-order valence-corrected chi connectivity index (χ1v) is 14.4. The van der Waals surface area contributed by atoms with E-state index in [1.165, 1.54) is 6.92 Å². The third-order valence-corrected chi connectivity index (χ3v) is 6.66. The number of ketones is 2. The maximum atomic E-state index is 13.9. The summed E-state index contributed by atoms with van der Waals surface area (Å²) in [7, 11) is 0. The number of nitrogens with one attached hydrogen (secondary N) is 1. The molecule has 0 aliphatic carbocycles. The first kappa shape index (κ1) is 35.5. The van der Waals surface area contributed by atoms with Crippen molar-refractivity contribution < 1.29 is 41.1 Å². The van der Waals surface area contributed by atoms with E-state index in [0.29, 0.717) is 6.42 Å². The van der Waals surface area contributed by atoms with E-state index < -0.39 is 42.0 Å². The Kier molecular flexibility index (Phi) is 16.6. The van der Waals surface area contributed by atoms with Gasteiger partial charge in [-0.2, -0.15) is 13.2 Å². The van der Waals surface area contributed by atoms with Crippen molar-refractivity contribution in [3.8, 4) is 0 Å². The number of anilines is 1. The van der Waals surface area contributed by atoms with Crippen molar-refractivity contribution in [3.05, 3.63) is 29.8 Å². The standard InChI is InChI=1S/C30H44F5NO4/c1-3-40-28(39)26(23(2)37)27(38)24-15-17-25(18-16-24)36-22-14-9-7-5-4-6-8-11-19-29(31,32)20-12-10-13-21-30(33,34)35/h15-18,26,36H,3-14,19-22H2,1-2H3. The molecule has 5 nitrogen and oxygen atoms in total. The van der Waals surface area contributed by atoms with Crippen molar-refractivity contribution in [2.75, 3.05) is 18.5 Å². The van der Waals surface area contributed by atoms with Crippen LogP contribution in [-0.4, -0.2) is 42.8 Å². The number of rotatable bonds is 22. The number of benzene rings is 1. The summed E-state index contributed by atoms with van der Waals surface area (Å²) < 4.78 is 68.8. The van der Waals surface area contributed by atoms with Crippen LogP contribution in [0.4, 0.5) is 27.6 Å². The number of halogens is 5. The normalized spacial score (nSPS) is 12.7. The highest BCUT2D eigenvalue weighted by Gasteiger charge is 2.33. The lowest BCUT2D eigenvalue weighted by atomic mass is 9.94. The number of esters is 1. The molecule has 1 N–H and O–H groups in total. The Balaban J connectivity index is 2.12. The maximum absolute atomic E-state index is 13.9. The van der Waals surface area contributed by atoms with Crippen molar-refractivity contribution in [1.29, 1.82) is 0 Å². The van der Waals surface area contributed by atoms with E-state index in [4.69, 9.17) is 4.74 Å². The molecule has 0 saturated carbocycles. The minimum absolute atomic E-state index is 0.0868. The fraction of sp³-hybridized carbons (Fsp3) is 0.700. The van der Waals surface area contributed by atoms with Crippen molar-refractivity contribution in [1.82, 2.24) is 0 Å². The molecule has 1 rings (SSSR count). The average molecular weight is 578 g/mol. The molecule has 10 heteroatoms. The second-order valence-corrected chi connectivity index (χ2v) is 10.3. The van der Waals surface area contributed by atoms with E-state index in [1.54, 1.807) is 31.2 Å². The van der Waals surface area contributed by atoms with Gasteiger partial charge < -0.3 is 10.1 Å². The predicted molar refractivity (Wildman–Crippen MR) is 146 cm³/mol. The smallest absolute Gasteiger partial charge is 0.389 e. The fourth-order valence-corrected chi connectivity index (χ4v) is 4.42. The molecular weight excluding hydrogens is 533 g/mol. The number of hydrogen-bond donors (Lipinski definition) is 1. The summed E-state index contributed by atoms with van der Waals surface area (Å²) >= 11 is 0. The van der Waals surface area contributed by atoms with Crippen LogP contribution in [0.15, 0.2) is 24.3 Å². The van der Waals surface area contributed by atoms with E-state index >= 15 is 0 Å². The van der Waals surface area contributed by atoms with Crippen molar-refractivity contribution >= 4 is 23.2 Å². The van der Waals surface area contributed by atoms with Crippen molar-refractivity contribution in [2.45, 2.75) is 116 Å². The van der Waals surface area contributed by atoms with E-state index in [2.05, 4.69) is 5.32 Å². The van der Waals surface area contributed by atoms with Crippen LogP contribution in [0.5, 0.6) is 0 Å². The highest BCUT2D eigenvalue weighted by Crippen LogP contribution is 2.30. The Bertz CT molecular complexity index is 887. The lowest BCUT2D eigenvalue weighted by Gasteiger charge is -2.16. The predicted octanol–water partition coefficient (Wildman–Crippen LogP) is 8.71. The van der Waals surface area contributed by atoms with Crippen LogP contribution in [0.2, 0.25) is 0 Å². The molecule has 0 aromatic heterocycles. The van der Waals surface area contributed by atoms with Crippen molar-refractivity contribution in [2.24, 2.45) is 5.92 Å². The Morgan fingerprint density at radius 2 is 1.23 bits per heavy atom. The molecule has 40 heavy (non-hydrogen) atoms. The molecular formula is C30H44F5NO4. The monoisotopic (exact) mass is 577 g/mol. The zero-order valence-electron chi connectivity index (χ0n) is 23.7. The number of hydrogen-bond acceptors (Lipinski definition) is 5. The van der Waals surface area contributed by atoms with Gasteiger partial charge in [-0.15, -0.1) is 0 Å². The molecule has 0 aliphatic rings. The molecule has 0 radical (unpaired) electrons.